The quantitative estimate of drug-likeness (QED) is 0.643. The molecule has 5 heteroatoms. The highest BCUT2D eigenvalue weighted by molar-refractivity contribution is 5.82. The van der Waals surface area contributed by atoms with Crippen LogP contribution < -0.4 is 10.6 Å². The van der Waals surface area contributed by atoms with Gasteiger partial charge in [-0.3, -0.25) is 0 Å². The number of nitrogens with one attached hydrogen (secondary N) is 2. The van der Waals surface area contributed by atoms with Crippen LogP contribution in [-0.2, 0) is 4.79 Å². The molecule has 1 fully saturated rings. The fourth-order valence-corrected chi connectivity index (χ4v) is 2.28. The Morgan fingerprint density at radius 1 is 1.50 bits per heavy atom. The van der Waals surface area contributed by atoms with Gasteiger partial charge in [-0.05, 0) is 18.3 Å². The molecular weight excluding hydrogens is 232 g/mol. The maximum absolute atomic E-state index is 11.5. The molecule has 0 aromatic heterocycles. The third-order valence-electron chi connectivity index (χ3n) is 3.49. The van der Waals surface area contributed by atoms with Gasteiger partial charge in [0.15, 0.2) is 0 Å². The fourth-order valence-electron chi connectivity index (χ4n) is 2.28. The highest BCUT2D eigenvalue weighted by Crippen LogP contribution is 2.30. The van der Waals surface area contributed by atoms with Crippen molar-refractivity contribution in [3.05, 3.63) is 0 Å². The average Bonchev–Trinajstić information content (AvgIpc) is 2.71. The zero-order valence-corrected chi connectivity index (χ0v) is 10.6. The van der Waals surface area contributed by atoms with Crippen molar-refractivity contribution in [1.82, 2.24) is 10.6 Å². The van der Waals surface area contributed by atoms with E-state index in [9.17, 15) is 9.59 Å². The molecule has 0 saturated heterocycles. The predicted molar refractivity (Wildman–Crippen MR) is 67.9 cm³/mol. The minimum atomic E-state index is -1.11. The number of terminal acetylenes is 1. The molecule has 1 rings (SSSR count). The lowest BCUT2D eigenvalue weighted by Crippen LogP contribution is -2.47. The van der Waals surface area contributed by atoms with E-state index in [1.165, 1.54) is 12.8 Å². The van der Waals surface area contributed by atoms with Crippen LogP contribution in [0.3, 0.4) is 0 Å². The molecule has 0 aromatic carbocycles. The van der Waals surface area contributed by atoms with Crippen LogP contribution in [0, 0.1) is 24.2 Å². The van der Waals surface area contributed by atoms with E-state index in [1.807, 2.05) is 0 Å². The molecule has 0 aromatic rings. The normalized spacial score (nSPS) is 24.0. The minimum Gasteiger partial charge on any atom is -0.480 e. The van der Waals surface area contributed by atoms with Crippen molar-refractivity contribution in [3.8, 4) is 12.3 Å². The van der Waals surface area contributed by atoms with Gasteiger partial charge in [0, 0.05) is 13.0 Å². The molecule has 0 heterocycles. The van der Waals surface area contributed by atoms with Gasteiger partial charge >= 0.3 is 12.0 Å². The molecule has 100 valence electrons. The van der Waals surface area contributed by atoms with Gasteiger partial charge < -0.3 is 15.7 Å². The number of carbonyl (C=O) groups is 2. The monoisotopic (exact) mass is 252 g/mol. The first-order valence-corrected chi connectivity index (χ1v) is 6.25. The summed E-state index contributed by atoms with van der Waals surface area (Å²) in [5.74, 6) is 2.23. The summed E-state index contributed by atoms with van der Waals surface area (Å²) >= 11 is 0. The van der Waals surface area contributed by atoms with Crippen LogP contribution in [0.15, 0.2) is 0 Å². The smallest absolute Gasteiger partial charge is 0.327 e. The van der Waals surface area contributed by atoms with Crippen LogP contribution in [0.4, 0.5) is 4.79 Å². The van der Waals surface area contributed by atoms with Gasteiger partial charge in [0.2, 0.25) is 0 Å². The summed E-state index contributed by atoms with van der Waals surface area (Å²) in [6.07, 6.45) is 8.55. The van der Waals surface area contributed by atoms with E-state index in [0.29, 0.717) is 18.4 Å². The number of hydrogen-bond donors (Lipinski definition) is 3. The van der Waals surface area contributed by atoms with Crippen LogP contribution >= 0.6 is 0 Å². The number of urea groups is 1. The molecule has 3 unspecified atom stereocenters. The maximum atomic E-state index is 11.5. The van der Waals surface area contributed by atoms with Gasteiger partial charge in [0.1, 0.15) is 6.04 Å². The Morgan fingerprint density at radius 3 is 2.72 bits per heavy atom. The summed E-state index contributed by atoms with van der Waals surface area (Å²) in [4.78, 5) is 22.3. The van der Waals surface area contributed by atoms with Crippen molar-refractivity contribution in [3.63, 3.8) is 0 Å². The standard InChI is InChI=1S/C13H20N2O3/c1-3-5-11(12(16)17)15-13(18)14-8-10-7-4-6-9(10)2/h1,9-11H,4-8H2,2H3,(H,16,17)(H2,14,15,18). The second kappa shape index (κ2) is 6.90. The van der Waals surface area contributed by atoms with Gasteiger partial charge in [0.25, 0.3) is 0 Å². The molecule has 0 spiro atoms. The first kappa shape index (κ1) is 14.4. The Labute approximate surface area is 107 Å². The van der Waals surface area contributed by atoms with Gasteiger partial charge in [-0.15, -0.1) is 12.3 Å². The summed E-state index contributed by atoms with van der Waals surface area (Å²) in [7, 11) is 0. The van der Waals surface area contributed by atoms with Crippen molar-refractivity contribution < 1.29 is 14.7 Å². The Kier molecular flexibility index (Phi) is 5.50. The third-order valence-corrected chi connectivity index (χ3v) is 3.49. The summed E-state index contributed by atoms with van der Waals surface area (Å²) in [5.41, 5.74) is 0. The second-order valence-corrected chi connectivity index (χ2v) is 4.82. The van der Waals surface area contributed by atoms with Crippen LogP contribution in [0.25, 0.3) is 0 Å². The Balaban J connectivity index is 2.32. The molecule has 18 heavy (non-hydrogen) atoms. The van der Waals surface area contributed by atoms with E-state index in [0.717, 1.165) is 6.42 Å². The number of carbonyl (C=O) groups excluding carboxylic acids is 1. The van der Waals surface area contributed by atoms with Crippen molar-refractivity contribution in [2.45, 2.75) is 38.6 Å². The summed E-state index contributed by atoms with van der Waals surface area (Å²) < 4.78 is 0. The number of carboxylic acids is 1. The molecule has 3 atom stereocenters. The minimum absolute atomic E-state index is 0.0113. The van der Waals surface area contributed by atoms with E-state index >= 15 is 0 Å². The van der Waals surface area contributed by atoms with Crippen LogP contribution in [0.2, 0.25) is 0 Å². The number of aliphatic carboxylic acids is 1. The van der Waals surface area contributed by atoms with Crippen LogP contribution in [-0.4, -0.2) is 29.7 Å². The largest absolute Gasteiger partial charge is 0.480 e. The summed E-state index contributed by atoms with van der Waals surface area (Å²) in [5, 5.41) is 13.9. The molecule has 3 N–H and O–H groups in total. The number of hydrogen-bond acceptors (Lipinski definition) is 2. The van der Waals surface area contributed by atoms with Gasteiger partial charge in [-0.2, -0.15) is 0 Å². The Hall–Kier alpha value is -1.70. The van der Waals surface area contributed by atoms with Crippen molar-refractivity contribution in [2.24, 2.45) is 11.8 Å². The number of amides is 2. The molecular formula is C13H20N2O3. The Bertz CT molecular complexity index is 349. The molecule has 0 radical (unpaired) electrons. The van der Waals surface area contributed by atoms with Crippen LogP contribution in [0.1, 0.15) is 32.6 Å². The highest BCUT2D eigenvalue weighted by atomic mass is 16.4. The summed E-state index contributed by atoms with van der Waals surface area (Å²) in [6.45, 7) is 2.77. The van der Waals surface area contributed by atoms with Crippen molar-refractivity contribution in [2.75, 3.05) is 6.54 Å². The molecule has 1 aliphatic rings. The summed E-state index contributed by atoms with van der Waals surface area (Å²) in [6, 6.07) is -1.48. The van der Waals surface area contributed by atoms with Gasteiger partial charge in [-0.25, -0.2) is 9.59 Å². The number of rotatable bonds is 5. The second-order valence-electron chi connectivity index (χ2n) is 4.82. The maximum Gasteiger partial charge on any atom is 0.327 e. The van der Waals surface area contributed by atoms with Crippen molar-refractivity contribution >= 4 is 12.0 Å². The zero-order chi connectivity index (χ0) is 13.5. The predicted octanol–water partition coefficient (Wildman–Crippen LogP) is 1.20. The number of carboxylic acid groups (broad SMARTS) is 1. The molecule has 5 nitrogen and oxygen atoms in total. The topological polar surface area (TPSA) is 78.4 Å². The molecule has 1 saturated carbocycles. The lowest BCUT2D eigenvalue weighted by Gasteiger charge is -2.17. The first-order chi connectivity index (χ1) is 8.54. The van der Waals surface area contributed by atoms with Crippen LogP contribution in [0.5, 0.6) is 0 Å². The molecule has 2 amide bonds. The molecule has 1 aliphatic carbocycles. The first-order valence-electron chi connectivity index (χ1n) is 6.25. The third kappa shape index (κ3) is 4.28. The molecule has 0 aliphatic heterocycles. The van der Waals surface area contributed by atoms with E-state index in [4.69, 9.17) is 11.5 Å². The van der Waals surface area contributed by atoms with E-state index in [-0.39, 0.29) is 6.42 Å². The van der Waals surface area contributed by atoms with Crippen molar-refractivity contribution in [1.29, 1.82) is 0 Å². The fraction of sp³-hybridized carbons (Fsp3) is 0.692. The van der Waals surface area contributed by atoms with E-state index in [1.54, 1.807) is 0 Å². The lowest BCUT2D eigenvalue weighted by atomic mass is 9.98. The van der Waals surface area contributed by atoms with E-state index < -0.39 is 18.0 Å². The van der Waals surface area contributed by atoms with Gasteiger partial charge in [0.05, 0.1) is 0 Å². The molecule has 0 bridgehead atoms. The van der Waals surface area contributed by atoms with E-state index in [2.05, 4.69) is 23.5 Å². The van der Waals surface area contributed by atoms with Gasteiger partial charge in [-0.1, -0.05) is 19.8 Å². The highest BCUT2D eigenvalue weighted by Gasteiger charge is 2.24. The lowest BCUT2D eigenvalue weighted by molar-refractivity contribution is -0.139. The Morgan fingerprint density at radius 2 is 2.22 bits per heavy atom. The average molecular weight is 252 g/mol. The zero-order valence-electron chi connectivity index (χ0n) is 10.6. The SMILES string of the molecule is C#CCC(NC(=O)NCC1CCCC1C)C(=O)O.